The smallest absolute Gasteiger partial charge is 0.417 e. The molecule has 0 bridgehead atoms. The number of halogens is 6. The van der Waals surface area contributed by atoms with Crippen molar-refractivity contribution in [3.8, 4) is 6.01 Å². The van der Waals surface area contributed by atoms with E-state index >= 15 is 4.39 Å². The van der Waals surface area contributed by atoms with Crippen molar-refractivity contribution in [1.82, 2.24) is 19.9 Å². The molecule has 4 aliphatic rings. The van der Waals surface area contributed by atoms with Gasteiger partial charge in [-0.05, 0) is 50.8 Å². The Bertz CT molecular complexity index is 1680. The van der Waals surface area contributed by atoms with Crippen molar-refractivity contribution < 1.29 is 41.1 Å². The fourth-order valence-corrected chi connectivity index (χ4v) is 7.13. The number of hydroxylamine groups is 2. The highest BCUT2D eigenvalue weighted by Gasteiger charge is 2.42. The van der Waals surface area contributed by atoms with Crippen LogP contribution < -0.4 is 21.1 Å². The highest BCUT2D eigenvalue weighted by Crippen LogP contribution is 2.44. The number of aliphatic imine (C=N–C) groups is 1. The summed E-state index contributed by atoms with van der Waals surface area (Å²) in [7, 11) is 4.02. The zero-order valence-electron chi connectivity index (χ0n) is 28.8. The first-order valence-electron chi connectivity index (χ1n) is 16.5. The molecule has 2 saturated heterocycles. The summed E-state index contributed by atoms with van der Waals surface area (Å²) in [6, 6.07) is 1.51. The van der Waals surface area contributed by atoms with Gasteiger partial charge in [-0.3, -0.25) is 19.5 Å². The number of nitrogens with two attached hydrogens (primary N) is 2. The highest BCUT2D eigenvalue weighted by molar-refractivity contribution is 6.45. The second kappa shape index (κ2) is 15.8. The van der Waals surface area contributed by atoms with E-state index in [1.165, 1.54) is 41.0 Å². The number of hydrogen-bond acceptors (Lipinski definition) is 11. The molecule has 2 aromatic rings. The second-order valence-electron chi connectivity index (χ2n) is 12.8. The lowest BCUT2D eigenvalue weighted by Gasteiger charge is -2.32. The number of aryl methyl sites for hydroxylation is 1. The molecule has 18 heteroatoms. The molecular weight excluding hydrogens is 703 g/mol. The third-order valence-corrected chi connectivity index (χ3v) is 9.86. The number of ether oxygens (including phenoxy) is 2. The molecule has 1 aromatic heterocycles. The molecule has 0 aliphatic carbocycles. The normalized spacial score (nSPS) is 22.6. The summed E-state index contributed by atoms with van der Waals surface area (Å²) < 4.78 is 81.0. The Morgan fingerprint density at radius 3 is 2.61 bits per heavy atom. The number of alkyl halides is 4. The molecule has 51 heavy (non-hydrogen) atoms. The van der Waals surface area contributed by atoms with E-state index in [-0.39, 0.29) is 41.9 Å². The fraction of sp³-hybridized carbons (Fsp3) is 0.576. The number of aromatic nitrogens is 2. The van der Waals surface area contributed by atoms with Crippen LogP contribution in [0.15, 0.2) is 21.8 Å². The van der Waals surface area contributed by atoms with Crippen LogP contribution in [0.4, 0.5) is 33.5 Å². The average Bonchev–Trinajstić information content (AvgIpc) is 3.58. The number of amides is 1. The van der Waals surface area contributed by atoms with Gasteiger partial charge in [0.15, 0.2) is 5.82 Å². The number of carbonyl (C=O) groups excluding carboxylic acids is 1. The number of anilines is 2. The van der Waals surface area contributed by atoms with Gasteiger partial charge in [-0.25, -0.2) is 13.8 Å². The predicted octanol–water partition coefficient (Wildman–Crippen LogP) is 4.62. The summed E-state index contributed by atoms with van der Waals surface area (Å²) in [5.74, 6) is -1.49. The van der Waals surface area contributed by atoms with Gasteiger partial charge in [-0.2, -0.15) is 23.1 Å². The van der Waals surface area contributed by atoms with E-state index in [9.17, 15) is 22.4 Å². The van der Waals surface area contributed by atoms with Gasteiger partial charge in [0.25, 0.3) is 5.91 Å². The Labute approximate surface area is 297 Å². The number of fused-ring (bicyclic) bond motifs is 2. The van der Waals surface area contributed by atoms with Crippen molar-refractivity contribution in [3.63, 3.8) is 0 Å². The molecule has 0 radical (unpaired) electrons. The number of carbonyl (C=O) groups is 1. The zero-order valence-corrected chi connectivity index (χ0v) is 29.6. The molecule has 2 fully saturated rings. The number of benzene rings is 1. The Morgan fingerprint density at radius 1 is 1.20 bits per heavy atom. The van der Waals surface area contributed by atoms with Crippen LogP contribution in [-0.2, 0) is 33.6 Å². The molecule has 1 aromatic carbocycles. The van der Waals surface area contributed by atoms with Crippen molar-refractivity contribution in [2.24, 2.45) is 10.7 Å². The van der Waals surface area contributed by atoms with E-state index in [1.807, 2.05) is 4.90 Å². The molecule has 0 saturated carbocycles. The van der Waals surface area contributed by atoms with Crippen LogP contribution in [0.2, 0.25) is 0 Å². The summed E-state index contributed by atoms with van der Waals surface area (Å²) in [4.78, 5) is 34.8. The molecule has 6 rings (SSSR count). The van der Waals surface area contributed by atoms with Crippen molar-refractivity contribution in [2.75, 3.05) is 64.6 Å². The minimum atomic E-state index is -4.85. The summed E-state index contributed by atoms with van der Waals surface area (Å²) in [6.45, 7) is 3.75. The number of nitrogens with zero attached hydrogens (tertiary/aromatic N) is 6. The van der Waals surface area contributed by atoms with Crippen molar-refractivity contribution in [3.05, 3.63) is 50.6 Å². The van der Waals surface area contributed by atoms with E-state index in [2.05, 4.69) is 19.9 Å². The number of rotatable bonds is 6. The molecule has 3 unspecified atom stereocenters. The third kappa shape index (κ3) is 8.31. The Kier molecular flexibility index (Phi) is 11.9. The zero-order chi connectivity index (χ0) is 37.2. The first-order chi connectivity index (χ1) is 24.1. The van der Waals surface area contributed by atoms with Crippen LogP contribution in [0, 0.1) is 12.7 Å². The monoisotopic (exact) mass is 744 g/mol. The number of hydrogen-bond donors (Lipinski definition) is 2. The summed E-state index contributed by atoms with van der Waals surface area (Å²) in [5, 5.41) is 0.857. The second-order valence-corrected chi connectivity index (χ2v) is 13.2. The van der Waals surface area contributed by atoms with E-state index in [1.54, 1.807) is 0 Å². The van der Waals surface area contributed by atoms with Gasteiger partial charge in [0.1, 0.15) is 17.7 Å². The maximum atomic E-state index is 15.2. The predicted molar refractivity (Wildman–Crippen MR) is 180 cm³/mol. The number of methoxy groups -OCH3 is 1. The Hall–Kier alpha value is -3.80. The van der Waals surface area contributed by atoms with Crippen LogP contribution >= 0.6 is 11.6 Å². The average molecular weight is 745 g/mol. The lowest BCUT2D eigenvalue weighted by atomic mass is 9.91. The van der Waals surface area contributed by atoms with Gasteiger partial charge in [0.05, 0.1) is 61.2 Å². The van der Waals surface area contributed by atoms with Gasteiger partial charge < -0.3 is 25.8 Å². The molecule has 12 nitrogen and oxygen atoms in total. The van der Waals surface area contributed by atoms with Gasteiger partial charge in [0, 0.05) is 50.3 Å². The lowest BCUT2D eigenvalue weighted by Crippen LogP contribution is -2.35. The number of nitrogen functional groups attached to an aromatic ring is 1. The summed E-state index contributed by atoms with van der Waals surface area (Å²) in [5.41, 5.74) is 10.1. The summed E-state index contributed by atoms with van der Waals surface area (Å²) >= 11 is 6.49. The van der Waals surface area contributed by atoms with E-state index in [4.69, 9.17) is 37.4 Å². The fourth-order valence-electron chi connectivity index (χ4n) is 6.93. The van der Waals surface area contributed by atoms with Crippen LogP contribution in [0.3, 0.4) is 0 Å². The van der Waals surface area contributed by atoms with E-state index in [0.717, 1.165) is 24.1 Å². The first-order valence-corrected chi connectivity index (χ1v) is 16.9. The van der Waals surface area contributed by atoms with Gasteiger partial charge in [-0.15, -0.1) is 0 Å². The SMILES string of the molecule is COc1nc2c(c(N3CCCN=C(/C(Cl)=C(\N)C(=O)N(C)OC)C3)n1)COC(c1c(F)c(N)cc(C)c1C(F)(F)F)C2.FC1CC2CCCN2C1. The van der Waals surface area contributed by atoms with E-state index < -0.39 is 47.0 Å². The lowest BCUT2D eigenvalue weighted by molar-refractivity contribution is -0.164. The topological polar surface area (TPSA) is 145 Å². The van der Waals surface area contributed by atoms with Crippen molar-refractivity contribution in [2.45, 2.75) is 70.1 Å². The summed E-state index contributed by atoms with van der Waals surface area (Å²) in [6.07, 6.45) is -2.99. The van der Waals surface area contributed by atoms with Crippen molar-refractivity contribution >= 4 is 34.7 Å². The van der Waals surface area contributed by atoms with Gasteiger partial charge in [-0.1, -0.05) is 11.6 Å². The van der Waals surface area contributed by atoms with Gasteiger partial charge in [0.2, 0.25) is 0 Å². The largest absolute Gasteiger partial charge is 0.467 e. The molecule has 280 valence electrons. The quantitative estimate of drug-likeness (QED) is 0.186. The molecule has 5 heterocycles. The van der Waals surface area contributed by atoms with Crippen LogP contribution in [-0.4, -0.2) is 97.8 Å². The number of likely N-dealkylation sites (N-methyl/N-ethyl adjacent to an activating group) is 1. The van der Waals surface area contributed by atoms with E-state index in [0.29, 0.717) is 54.9 Å². The standard InChI is InChI=1S/C26H30ClF4N7O4.C7H12FN/c1-12-8-14(32)21(28)18(19(12)26(29,30)31)17-9-15-13(11-42-17)23(36-25(35-15)40-3)38-7-5-6-34-16(10-38)20(27)22(33)24(39)37(2)41-4;8-6-4-7-2-1-3-9(7)5-6/h8,17H,5-7,9-11,32-33H2,1-4H3;6-7H,1-5H2/b22-20+;. The van der Waals surface area contributed by atoms with Crippen LogP contribution in [0.5, 0.6) is 6.01 Å². The van der Waals surface area contributed by atoms with Crippen LogP contribution in [0.25, 0.3) is 0 Å². The molecule has 4 N–H and O–H groups in total. The molecule has 0 spiro atoms. The molecular formula is C33H42ClF5N8O4. The third-order valence-electron chi connectivity index (χ3n) is 9.44. The maximum absolute atomic E-state index is 15.2. The molecule has 1 amide bonds. The van der Waals surface area contributed by atoms with Gasteiger partial charge >= 0.3 is 12.2 Å². The maximum Gasteiger partial charge on any atom is 0.417 e. The minimum Gasteiger partial charge on any atom is -0.467 e. The van der Waals surface area contributed by atoms with Crippen molar-refractivity contribution in [1.29, 1.82) is 0 Å². The first kappa shape index (κ1) is 38.4. The molecule has 3 atom stereocenters. The Morgan fingerprint density at radius 2 is 1.94 bits per heavy atom. The minimum absolute atomic E-state index is 0.0505. The van der Waals surface area contributed by atoms with Crippen LogP contribution in [0.1, 0.15) is 59.7 Å². The highest BCUT2D eigenvalue weighted by atomic mass is 35.5. The Balaban J connectivity index is 0.000000480. The molecule has 4 aliphatic heterocycles.